The van der Waals surface area contributed by atoms with Gasteiger partial charge in [-0.15, -0.1) is 0 Å². The van der Waals surface area contributed by atoms with E-state index in [0.29, 0.717) is 11.9 Å². The fourth-order valence-electron chi connectivity index (χ4n) is 5.19. The number of carbonyl (C=O) groups excluding carboxylic acids is 1. The first-order valence-electron chi connectivity index (χ1n) is 12.0. The van der Waals surface area contributed by atoms with Gasteiger partial charge in [0.2, 0.25) is 5.91 Å². The molecule has 5 rings (SSSR count). The molecule has 1 N–H and O–H groups in total. The van der Waals surface area contributed by atoms with Crippen molar-refractivity contribution in [2.45, 2.75) is 38.9 Å². The number of piperidine rings is 1. The molecule has 3 aromatic rings. The first kappa shape index (κ1) is 22.4. The summed E-state index contributed by atoms with van der Waals surface area (Å²) >= 11 is 6.09. The molecule has 6 nitrogen and oxygen atoms in total. The smallest absolute Gasteiger partial charge is 0.227 e. The normalized spacial score (nSPS) is 22.1. The van der Waals surface area contributed by atoms with Gasteiger partial charge in [0.1, 0.15) is 5.82 Å². The zero-order valence-corrected chi connectivity index (χ0v) is 20.0. The number of para-hydroxylation sites is 2. The molecule has 1 aromatic heterocycles. The highest BCUT2D eigenvalue weighted by Gasteiger charge is 2.31. The van der Waals surface area contributed by atoms with Crippen LogP contribution in [0, 0.1) is 5.92 Å². The number of likely N-dealkylation sites (tertiary alicyclic amines) is 1. The third kappa shape index (κ3) is 5.08. The number of carbonyl (C=O) groups is 1. The Morgan fingerprint density at radius 3 is 2.73 bits per heavy atom. The molecule has 2 aliphatic rings. The van der Waals surface area contributed by atoms with Gasteiger partial charge in [-0.25, -0.2) is 4.98 Å². The lowest BCUT2D eigenvalue weighted by atomic mass is 9.96. The molecule has 2 saturated heterocycles. The van der Waals surface area contributed by atoms with Crippen LogP contribution < -0.4 is 5.32 Å². The largest absolute Gasteiger partial charge is 0.340 e. The highest BCUT2D eigenvalue weighted by atomic mass is 35.5. The molecule has 2 aromatic carbocycles. The minimum atomic E-state index is 0.0816. The zero-order valence-electron chi connectivity index (χ0n) is 19.2. The molecule has 0 unspecified atom stereocenters. The number of aromatic nitrogens is 2. The molecule has 7 heteroatoms. The number of piperazine rings is 1. The molecule has 0 bridgehead atoms. The van der Waals surface area contributed by atoms with Crippen LogP contribution >= 0.6 is 11.6 Å². The molecular formula is C26H32ClN5O. The summed E-state index contributed by atoms with van der Waals surface area (Å²) < 4.78 is 2.31. The van der Waals surface area contributed by atoms with Crippen molar-refractivity contribution in [2.75, 3.05) is 32.7 Å². The van der Waals surface area contributed by atoms with Crippen LogP contribution in [0.25, 0.3) is 11.0 Å². The van der Waals surface area contributed by atoms with Crippen molar-refractivity contribution in [1.82, 2.24) is 24.7 Å². The van der Waals surface area contributed by atoms with Gasteiger partial charge in [0.15, 0.2) is 0 Å². The van der Waals surface area contributed by atoms with Crippen LogP contribution in [0.15, 0.2) is 48.5 Å². The Kier molecular flexibility index (Phi) is 6.67. The molecule has 1 amide bonds. The summed E-state index contributed by atoms with van der Waals surface area (Å²) in [5, 5.41) is 4.18. The molecule has 0 saturated carbocycles. The second-order valence-corrected chi connectivity index (χ2v) is 9.88. The van der Waals surface area contributed by atoms with Crippen LogP contribution in [0.3, 0.4) is 0 Å². The molecule has 33 heavy (non-hydrogen) atoms. The minimum absolute atomic E-state index is 0.0816. The molecule has 0 spiro atoms. The van der Waals surface area contributed by atoms with E-state index < -0.39 is 0 Å². The van der Waals surface area contributed by atoms with E-state index in [2.05, 4.69) is 56.9 Å². The summed E-state index contributed by atoms with van der Waals surface area (Å²) in [7, 11) is 0. The Morgan fingerprint density at radius 2 is 1.91 bits per heavy atom. The minimum Gasteiger partial charge on any atom is -0.340 e. The molecule has 174 valence electrons. The van der Waals surface area contributed by atoms with Gasteiger partial charge >= 0.3 is 0 Å². The van der Waals surface area contributed by atoms with Gasteiger partial charge in [0.05, 0.1) is 23.5 Å². The summed E-state index contributed by atoms with van der Waals surface area (Å²) in [5.41, 5.74) is 3.35. The number of nitrogens with zero attached hydrogens (tertiary/aromatic N) is 4. The SMILES string of the molecule is C[C@H]1CN(C(=O)[C@H]2CCCN(Cc3nc4ccccc4n3Cc3ccc(Cl)cc3)C2)CCN1. The number of imidazole rings is 1. The van der Waals surface area contributed by atoms with Crippen molar-refractivity contribution in [3.63, 3.8) is 0 Å². The number of halogens is 1. The molecular weight excluding hydrogens is 434 g/mol. The highest BCUT2D eigenvalue weighted by molar-refractivity contribution is 6.30. The van der Waals surface area contributed by atoms with Crippen molar-refractivity contribution >= 4 is 28.5 Å². The Morgan fingerprint density at radius 1 is 1.09 bits per heavy atom. The summed E-state index contributed by atoms with van der Waals surface area (Å²) in [5.74, 6) is 1.45. The van der Waals surface area contributed by atoms with E-state index in [9.17, 15) is 4.79 Å². The number of benzene rings is 2. The Bertz CT molecular complexity index is 1110. The summed E-state index contributed by atoms with van der Waals surface area (Å²) in [6, 6.07) is 16.7. The van der Waals surface area contributed by atoms with Crippen molar-refractivity contribution in [3.05, 3.63) is 64.9 Å². The topological polar surface area (TPSA) is 53.4 Å². The number of amides is 1. The molecule has 3 heterocycles. The van der Waals surface area contributed by atoms with Gasteiger partial charge in [0, 0.05) is 43.8 Å². The van der Waals surface area contributed by atoms with E-state index >= 15 is 0 Å². The van der Waals surface area contributed by atoms with E-state index in [4.69, 9.17) is 16.6 Å². The van der Waals surface area contributed by atoms with E-state index in [1.807, 2.05) is 18.2 Å². The van der Waals surface area contributed by atoms with E-state index in [0.717, 1.165) is 80.5 Å². The summed E-state index contributed by atoms with van der Waals surface area (Å²) in [6.07, 6.45) is 2.03. The fourth-order valence-corrected chi connectivity index (χ4v) is 5.31. The van der Waals surface area contributed by atoms with Crippen LogP contribution in [0.2, 0.25) is 5.02 Å². The quantitative estimate of drug-likeness (QED) is 0.623. The standard InChI is InChI=1S/C26H32ClN5O/c1-19-15-31(14-12-28-19)26(33)21-5-4-13-30(17-21)18-25-29-23-6-2-3-7-24(23)32(25)16-20-8-10-22(27)11-9-20/h2-3,6-11,19,21,28H,4-5,12-18H2,1H3/t19-,21-/m0/s1. The fraction of sp³-hybridized carbons (Fsp3) is 0.462. The van der Waals surface area contributed by atoms with Crippen LogP contribution in [-0.4, -0.2) is 64.0 Å². The third-order valence-corrected chi connectivity index (χ3v) is 7.14. The number of nitrogens with one attached hydrogen (secondary N) is 1. The number of rotatable bonds is 5. The average Bonchev–Trinajstić information content (AvgIpc) is 3.17. The molecule has 0 aliphatic carbocycles. The van der Waals surface area contributed by atoms with E-state index in [1.165, 1.54) is 5.56 Å². The Hall–Kier alpha value is -2.41. The number of hydrogen-bond acceptors (Lipinski definition) is 4. The predicted molar refractivity (Wildman–Crippen MR) is 132 cm³/mol. The molecule has 2 atom stereocenters. The first-order chi connectivity index (χ1) is 16.1. The lowest BCUT2D eigenvalue weighted by Gasteiger charge is -2.38. The molecule has 2 aliphatic heterocycles. The zero-order chi connectivity index (χ0) is 22.8. The van der Waals surface area contributed by atoms with Crippen LogP contribution in [-0.2, 0) is 17.9 Å². The van der Waals surface area contributed by atoms with E-state index in [-0.39, 0.29) is 5.92 Å². The maximum absolute atomic E-state index is 13.2. The van der Waals surface area contributed by atoms with Gasteiger partial charge < -0.3 is 14.8 Å². The second-order valence-electron chi connectivity index (χ2n) is 9.44. The van der Waals surface area contributed by atoms with Crippen LogP contribution in [0.1, 0.15) is 31.2 Å². The Labute approximate surface area is 200 Å². The van der Waals surface area contributed by atoms with Crippen molar-refractivity contribution in [1.29, 1.82) is 0 Å². The molecule has 2 fully saturated rings. The predicted octanol–water partition coefficient (Wildman–Crippen LogP) is 3.77. The molecule has 0 radical (unpaired) electrons. The van der Waals surface area contributed by atoms with Crippen molar-refractivity contribution in [2.24, 2.45) is 5.92 Å². The van der Waals surface area contributed by atoms with Gasteiger partial charge in [0.25, 0.3) is 0 Å². The lowest BCUT2D eigenvalue weighted by Crippen LogP contribution is -2.54. The van der Waals surface area contributed by atoms with Crippen LogP contribution in [0.5, 0.6) is 0 Å². The highest BCUT2D eigenvalue weighted by Crippen LogP contribution is 2.24. The summed E-state index contributed by atoms with van der Waals surface area (Å²) in [4.78, 5) is 22.7. The maximum atomic E-state index is 13.2. The van der Waals surface area contributed by atoms with Crippen molar-refractivity contribution < 1.29 is 4.79 Å². The number of fused-ring (bicyclic) bond motifs is 1. The van der Waals surface area contributed by atoms with Gasteiger partial charge in [-0.1, -0.05) is 35.9 Å². The third-order valence-electron chi connectivity index (χ3n) is 6.89. The van der Waals surface area contributed by atoms with Gasteiger partial charge in [-0.2, -0.15) is 0 Å². The average molecular weight is 466 g/mol. The lowest BCUT2D eigenvalue weighted by molar-refractivity contribution is -0.138. The Balaban J connectivity index is 1.34. The van der Waals surface area contributed by atoms with Crippen molar-refractivity contribution in [3.8, 4) is 0 Å². The number of hydrogen-bond donors (Lipinski definition) is 1. The van der Waals surface area contributed by atoms with E-state index in [1.54, 1.807) is 0 Å². The first-order valence-corrected chi connectivity index (χ1v) is 12.4. The van der Waals surface area contributed by atoms with Gasteiger partial charge in [-0.3, -0.25) is 9.69 Å². The van der Waals surface area contributed by atoms with Crippen LogP contribution in [0.4, 0.5) is 0 Å². The summed E-state index contributed by atoms with van der Waals surface area (Å²) in [6.45, 7) is 7.98. The monoisotopic (exact) mass is 465 g/mol. The second kappa shape index (κ2) is 9.84. The van der Waals surface area contributed by atoms with Gasteiger partial charge in [-0.05, 0) is 56.1 Å². The maximum Gasteiger partial charge on any atom is 0.227 e.